The summed E-state index contributed by atoms with van der Waals surface area (Å²) in [7, 11) is 1.75. The lowest BCUT2D eigenvalue weighted by atomic mass is 10.2. The van der Waals surface area contributed by atoms with E-state index >= 15 is 0 Å². The first-order valence-electron chi connectivity index (χ1n) is 6.81. The van der Waals surface area contributed by atoms with Gasteiger partial charge >= 0.3 is 5.69 Å². The number of nitrogens with zero attached hydrogens (tertiary/aromatic N) is 4. The molecule has 0 bridgehead atoms. The highest BCUT2D eigenvalue weighted by atomic mass is 16.2. The molecule has 0 saturated carbocycles. The largest absolute Gasteiger partial charge is 0.332 e. The normalized spacial score (nSPS) is 11.7. The molecule has 2 aromatic rings. The minimum absolute atomic E-state index is 0.229. The van der Waals surface area contributed by atoms with Gasteiger partial charge in [-0.2, -0.15) is 0 Å². The van der Waals surface area contributed by atoms with E-state index in [1.54, 1.807) is 23.1 Å². The lowest BCUT2D eigenvalue weighted by Gasteiger charge is -2.12. The van der Waals surface area contributed by atoms with Gasteiger partial charge in [0.2, 0.25) is 0 Å². The average Bonchev–Trinajstić information content (AvgIpc) is 2.72. The maximum Gasteiger partial charge on any atom is 0.332 e. The molecule has 0 amide bonds. The molecule has 0 aliphatic heterocycles. The maximum atomic E-state index is 12.4. The van der Waals surface area contributed by atoms with Crippen molar-refractivity contribution in [3.8, 4) is 0 Å². The zero-order chi connectivity index (χ0) is 15.0. The van der Waals surface area contributed by atoms with Gasteiger partial charge in [-0.15, -0.1) is 0 Å². The van der Waals surface area contributed by atoms with E-state index in [9.17, 15) is 9.59 Å². The Hall–Kier alpha value is -1.89. The Bertz CT molecular complexity index is 751. The van der Waals surface area contributed by atoms with Gasteiger partial charge < -0.3 is 10.3 Å². The van der Waals surface area contributed by atoms with Crippen LogP contribution in [0.1, 0.15) is 26.6 Å². The summed E-state index contributed by atoms with van der Waals surface area (Å²) >= 11 is 0. The number of imidazole rings is 1. The van der Waals surface area contributed by atoms with Gasteiger partial charge in [-0.1, -0.05) is 13.8 Å². The van der Waals surface area contributed by atoms with E-state index in [-0.39, 0.29) is 23.7 Å². The molecule has 0 aromatic carbocycles. The minimum Gasteiger partial charge on any atom is -0.324 e. The van der Waals surface area contributed by atoms with Crippen LogP contribution in [0.2, 0.25) is 0 Å². The zero-order valence-electron chi connectivity index (χ0n) is 12.4. The van der Waals surface area contributed by atoms with Gasteiger partial charge in [0.1, 0.15) is 5.82 Å². The zero-order valence-corrected chi connectivity index (χ0v) is 12.4. The molecule has 0 aliphatic rings. The first-order valence-corrected chi connectivity index (χ1v) is 6.81. The number of aromatic nitrogens is 4. The number of aryl methyl sites for hydroxylation is 1. The number of hydrogen-bond donors (Lipinski definition) is 1. The summed E-state index contributed by atoms with van der Waals surface area (Å²) in [5, 5.41) is 0. The smallest absolute Gasteiger partial charge is 0.324 e. The van der Waals surface area contributed by atoms with E-state index < -0.39 is 0 Å². The van der Waals surface area contributed by atoms with Crippen LogP contribution in [-0.2, 0) is 26.7 Å². The summed E-state index contributed by atoms with van der Waals surface area (Å²) in [5.41, 5.74) is 5.91. The summed E-state index contributed by atoms with van der Waals surface area (Å²) in [5.74, 6) is 0.880. The molecule has 2 heterocycles. The molecule has 0 aliphatic carbocycles. The lowest BCUT2D eigenvalue weighted by Crippen LogP contribution is -2.40. The van der Waals surface area contributed by atoms with E-state index in [0.717, 1.165) is 0 Å². The van der Waals surface area contributed by atoms with Crippen molar-refractivity contribution in [2.75, 3.05) is 0 Å². The van der Waals surface area contributed by atoms with Crippen molar-refractivity contribution in [3.05, 3.63) is 26.7 Å². The topological polar surface area (TPSA) is 87.8 Å². The van der Waals surface area contributed by atoms with Crippen molar-refractivity contribution < 1.29 is 0 Å². The van der Waals surface area contributed by atoms with Gasteiger partial charge in [-0.3, -0.25) is 13.9 Å². The molecule has 7 heteroatoms. The van der Waals surface area contributed by atoms with Crippen LogP contribution in [0.5, 0.6) is 0 Å². The molecule has 0 atom stereocenters. The van der Waals surface area contributed by atoms with Crippen LogP contribution in [0.4, 0.5) is 0 Å². The summed E-state index contributed by atoms with van der Waals surface area (Å²) < 4.78 is 4.50. The van der Waals surface area contributed by atoms with E-state index in [0.29, 0.717) is 30.1 Å². The van der Waals surface area contributed by atoms with Gasteiger partial charge in [0, 0.05) is 20.1 Å². The number of hydrogen-bond acceptors (Lipinski definition) is 4. The molecule has 2 rings (SSSR count). The third-order valence-corrected chi connectivity index (χ3v) is 3.38. The number of nitrogens with two attached hydrogens (primary N) is 1. The van der Waals surface area contributed by atoms with Crippen molar-refractivity contribution in [2.24, 2.45) is 18.7 Å². The summed E-state index contributed by atoms with van der Waals surface area (Å²) in [6.45, 7) is 6.92. The second kappa shape index (κ2) is 5.24. The molecule has 0 radical (unpaired) electrons. The predicted octanol–water partition coefficient (Wildman–Crippen LogP) is 0.0313. The van der Waals surface area contributed by atoms with Crippen LogP contribution in [0.15, 0.2) is 9.59 Å². The molecule has 2 aromatic heterocycles. The molecule has 110 valence electrons. The Labute approximate surface area is 116 Å². The molecular formula is C13H21N5O2. The third-order valence-electron chi connectivity index (χ3n) is 3.38. The van der Waals surface area contributed by atoms with E-state index in [1.807, 2.05) is 13.8 Å². The Morgan fingerprint density at radius 2 is 1.90 bits per heavy atom. The van der Waals surface area contributed by atoms with Crippen LogP contribution in [0, 0.1) is 5.92 Å². The van der Waals surface area contributed by atoms with Crippen LogP contribution in [0.3, 0.4) is 0 Å². The molecule has 2 N–H and O–H groups in total. The average molecular weight is 279 g/mol. The molecule has 0 spiro atoms. The fourth-order valence-electron chi connectivity index (χ4n) is 2.40. The van der Waals surface area contributed by atoms with Gasteiger partial charge in [0.25, 0.3) is 5.56 Å². The van der Waals surface area contributed by atoms with Gasteiger partial charge in [0.05, 0.1) is 6.54 Å². The quantitative estimate of drug-likeness (QED) is 0.855. The van der Waals surface area contributed by atoms with E-state index in [2.05, 4.69) is 4.98 Å². The fraction of sp³-hybridized carbons (Fsp3) is 0.615. The van der Waals surface area contributed by atoms with Gasteiger partial charge in [-0.25, -0.2) is 9.78 Å². The molecular weight excluding hydrogens is 258 g/mol. The van der Waals surface area contributed by atoms with Crippen molar-refractivity contribution >= 4 is 11.2 Å². The fourth-order valence-corrected chi connectivity index (χ4v) is 2.40. The Kier molecular flexibility index (Phi) is 3.80. The van der Waals surface area contributed by atoms with Crippen LogP contribution >= 0.6 is 0 Å². The van der Waals surface area contributed by atoms with Crippen molar-refractivity contribution in [3.63, 3.8) is 0 Å². The molecule has 20 heavy (non-hydrogen) atoms. The van der Waals surface area contributed by atoms with E-state index in [1.165, 1.54) is 4.57 Å². The van der Waals surface area contributed by atoms with Crippen molar-refractivity contribution in [1.29, 1.82) is 0 Å². The highest BCUT2D eigenvalue weighted by Gasteiger charge is 2.19. The minimum atomic E-state index is -0.305. The van der Waals surface area contributed by atoms with E-state index in [4.69, 9.17) is 5.73 Å². The monoisotopic (exact) mass is 279 g/mol. The molecule has 0 unspecified atom stereocenters. The highest BCUT2D eigenvalue weighted by Crippen LogP contribution is 2.11. The second-order valence-corrected chi connectivity index (χ2v) is 5.30. The van der Waals surface area contributed by atoms with Crippen molar-refractivity contribution in [2.45, 2.75) is 40.4 Å². The predicted molar refractivity (Wildman–Crippen MR) is 77.6 cm³/mol. The second-order valence-electron chi connectivity index (χ2n) is 5.30. The summed E-state index contributed by atoms with van der Waals surface area (Å²) in [4.78, 5) is 29.2. The Balaban J connectivity index is 2.96. The molecule has 7 nitrogen and oxygen atoms in total. The maximum absolute atomic E-state index is 12.4. The Morgan fingerprint density at radius 3 is 2.40 bits per heavy atom. The standard InChI is InChI=1S/C13H21N5O2/c1-5-17-12(19)10-11(15-9(6-14)16(10)4)18(13(17)20)7-8(2)3/h8H,5-7,14H2,1-4H3. The van der Waals surface area contributed by atoms with Crippen LogP contribution in [-0.4, -0.2) is 18.7 Å². The van der Waals surface area contributed by atoms with Crippen LogP contribution in [0.25, 0.3) is 11.2 Å². The SMILES string of the molecule is CCn1c(=O)c2c(nc(CN)n2C)n(CC(C)C)c1=O. The Morgan fingerprint density at radius 1 is 1.25 bits per heavy atom. The molecule has 0 fully saturated rings. The van der Waals surface area contributed by atoms with Crippen LogP contribution < -0.4 is 17.0 Å². The van der Waals surface area contributed by atoms with Crippen molar-refractivity contribution in [1.82, 2.24) is 18.7 Å². The third kappa shape index (κ3) is 2.07. The number of rotatable bonds is 4. The van der Waals surface area contributed by atoms with Gasteiger partial charge in [-0.05, 0) is 12.8 Å². The number of fused-ring (bicyclic) bond motifs is 1. The first-order chi connectivity index (χ1) is 9.42. The lowest BCUT2D eigenvalue weighted by molar-refractivity contribution is 0.491. The first kappa shape index (κ1) is 14.5. The highest BCUT2D eigenvalue weighted by molar-refractivity contribution is 5.71. The summed E-state index contributed by atoms with van der Waals surface area (Å²) in [6, 6.07) is 0. The van der Waals surface area contributed by atoms with Gasteiger partial charge in [0.15, 0.2) is 11.2 Å². The molecule has 0 saturated heterocycles. The summed E-state index contributed by atoms with van der Waals surface area (Å²) in [6.07, 6.45) is 0.